The van der Waals surface area contributed by atoms with Crippen LogP contribution in [0.1, 0.15) is 0 Å². The molecule has 20 heavy (non-hydrogen) atoms. The Hall–Kier alpha value is -2.20. The molecule has 0 atom stereocenters. The Kier molecular flexibility index (Phi) is 2.41. The van der Waals surface area contributed by atoms with Crippen molar-refractivity contribution in [1.29, 1.82) is 0 Å². The summed E-state index contributed by atoms with van der Waals surface area (Å²) >= 11 is 1.60. The van der Waals surface area contributed by atoms with Crippen LogP contribution in [0.15, 0.2) is 58.5 Å². The van der Waals surface area contributed by atoms with Gasteiger partial charge >= 0.3 is 0 Å². The molecule has 0 fully saturated rings. The van der Waals surface area contributed by atoms with Gasteiger partial charge in [-0.15, -0.1) is 0 Å². The molecule has 2 N–H and O–H groups in total. The van der Waals surface area contributed by atoms with E-state index in [1.807, 2.05) is 31.3 Å². The Labute approximate surface area is 120 Å². The molecule has 1 aliphatic rings. The van der Waals surface area contributed by atoms with Gasteiger partial charge < -0.3 is 10.4 Å². The molecule has 0 amide bonds. The third-order valence-corrected chi connectivity index (χ3v) is 4.74. The average Bonchev–Trinajstić information content (AvgIpc) is 2.47. The van der Waals surface area contributed by atoms with Gasteiger partial charge in [0.1, 0.15) is 17.7 Å². The number of hydrogen-bond acceptors (Lipinski definition) is 3. The number of aromatic nitrogens is 1. The molecule has 3 nitrogen and oxygen atoms in total. The number of aryl methyl sites for hydroxylation is 1. The van der Waals surface area contributed by atoms with Crippen molar-refractivity contribution in [2.45, 2.75) is 9.79 Å². The summed E-state index contributed by atoms with van der Waals surface area (Å²) < 4.78 is 2.12. The summed E-state index contributed by atoms with van der Waals surface area (Å²) in [6, 6.07) is 13.9. The van der Waals surface area contributed by atoms with Crippen LogP contribution >= 0.6 is 11.8 Å². The molecule has 0 bridgehead atoms. The number of hydrogen-bond donors (Lipinski definition) is 2. The maximum atomic E-state index is 10.00. The maximum Gasteiger partial charge on any atom is 0.214 e. The molecule has 2 aromatic carbocycles. The van der Waals surface area contributed by atoms with E-state index in [1.165, 1.54) is 10.9 Å². The molecule has 98 valence electrons. The van der Waals surface area contributed by atoms with Gasteiger partial charge in [-0.3, -0.25) is 0 Å². The summed E-state index contributed by atoms with van der Waals surface area (Å²) in [6.07, 6.45) is 2.10. The van der Waals surface area contributed by atoms with Crippen LogP contribution in [0.25, 0.3) is 10.9 Å². The predicted octanol–water partition coefficient (Wildman–Crippen LogP) is 3.58. The molecule has 0 spiro atoms. The summed E-state index contributed by atoms with van der Waals surface area (Å²) in [5.74, 6) is 0.321. The molecular formula is C16H13N2OS+. The maximum absolute atomic E-state index is 10.00. The molecule has 4 rings (SSSR count). The van der Waals surface area contributed by atoms with Crippen molar-refractivity contribution < 1.29 is 9.67 Å². The van der Waals surface area contributed by atoms with Crippen LogP contribution in [0.5, 0.6) is 5.75 Å². The lowest BCUT2D eigenvalue weighted by atomic mass is 10.1. The Morgan fingerprint density at radius 1 is 1.10 bits per heavy atom. The number of nitrogens with zero attached hydrogens (tertiary/aromatic N) is 1. The van der Waals surface area contributed by atoms with E-state index in [9.17, 15) is 5.11 Å². The normalized spacial score (nSPS) is 12.7. The van der Waals surface area contributed by atoms with Crippen LogP contribution in [-0.4, -0.2) is 5.11 Å². The zero-order chi connectivity index (χ0) is 13.7. The minimum atomic E-state index is 0.321. The first kappa shape index (κ1) is 11.6. The number of benzene rings is 2. The number of rotatable bonds is 0. The van der Waals surface area contributed by atoms with E-state index in [-0.39, 0.29) is 0 Å². The molecule has 0 unspecified atom stereocenters. The molecular weight excluding hydrogens is 268 g/mol. The van der Waals surface area contributed by atoms with Crippen molar-refractivity contribution in [2.75, 3.05) is 5.32 Å². The third kappa shape index (κ3) is 1.58. The number of phenolic OH excluding ortho intramolecular Hbond substituents is 1. The Balaban J connectivity index is 2.00. The Bertz CT molecular complexity index is 845. The third-order valence-electron chi connectivity index (χ3n) is 3.58. The molecule has 0 saturated heterocycles. The Morgan fingerprint density at radius 3 is 2.85 bits per heavy atom. The molecule has 3 aromatic rings. The summed E-state index contributed by atoms with van der Waals surface area (Å²) in [5.41, 5.74) is 3.26. The van der Waals surface area contributed by atoms with Crippen LogP contribution in [0.4, 0.5) is 11.4 Å². The number of pyridine rings is 1. The van der Waals surface area contributed by atoms with E-state index >= 15 is 0 Å². The standard InChI is InChI=1S/C16H12N2OS/c1-18-9-14-15(10-5-2-3-7-12(10)18)17-11-6-4-8-13(19)16(11)20-14/h2-9,19H,1H3/p+1. The SMILES string of the molecule is C[n+]1cc2c(c3ccccc31)Nc1cccc(O)c1S2. The van der Waals surface area contributed by atoms with Gasteiger partial charge in [0, 0.05) is 6.07 Å². The molecule has 0 aliphatic carbocycles. The number of aromatic hydroxyl groups is 1. The predicted molar refractivity (Wildman–Crippen MR) is 80.6 cm³/mol. The summed E-state index contributed by atoms with van der Waals surface area (Å²) in [6.45, 7) is 0. The fourth-order valence-corrected chi connectivity index (χ4v) is 3.71. The summed E-state index contributed by atoms with van der Waals surface area (Å²) in [7, 11) is 2.05. The molecule has 0 saturated carbocycles. The Morgan fingerprint density at radius 2 is 1.95 bits per heavy atom. The number of phenols is 1. The van der Waals surface area contributed by atoms with Crippen LogP contribution in [0.2, 0.25) is 0 Å². The van der Waals surface area contributed by atoms with Crippen molar-refractivity contribution in [3.63, 3.8) is 0 Å². The quantitative estimate of drug-likeness (QED) is 0.484. The highest BCUT2D eigenvalue weighted by Gasteiger charge is 2.24. The second-order valence-corrected chi connectivity index (χ2v) is 5.93. The van der Waals surface area contributed by atoms with E-state index in [1.54, 1.807) is 17.8 Å². The van der Waals surface area contributed by atoms with E-state index in [0.717, 1.165) is 21.2 Å². The van der Waals surface area contributed by atoms with Crippen molar-refractivity contribution in [3.05, 3.63) is 48.7 Å². The topological polar surface area (TPSA) is 36.1 Å². The second kappa shape index (κ2) is 4.15. The largest absolute Gasteiger partial charge is 0.507 e. The van der Waals surface area contributed by atoms with Crippen molar-refractivity contribution in [3.8, 4) is 5.75 Å². The van der Waals surface area contributed by atoms with Gasteiger partial charge in [0.05, 0.1) is 21.7 Å². The van der Waals surface area contributed by atoms with Gasteiger partial charge in [-0.25, -0.2) is 0 Å². The van der Waals surface area contributed by atoms with Gasteiger partial charge in [-0.2, -0.15) is 4.57 Å². The zero-order valence-electron chi connectivity index (χ0n) is 10.9. The summed E-state index contributed by atoms with van der Waals surface area (Å²) in [4.78, 5) is 2.01. The fourth-order valence-electron chi connectivity index (χ4n) is 2.62. The lowest BCUT2D eigenvalue weighted by molar-refractivity contribution is -0.646. The van der Waals surface area contributed by atoms with Crippen LogP contribution < -0.4 is 9.88 Å². The van der Waals surface area contributed by atoms with Gasteiger partial charge in [-0.05, 0) is 18.2 Å². The van der Waals surface area contributed by atoms with E-state index in [2.05, 4.69) is 28.2 Å². The van der Waals surface area contributed by atoms with E-state index < -0.39 is 0 Å². The monoisotopic (exact) mass is 281 g/mol. The summed E-state index contributed by atoms with van der Waals surface area (Å²) in [5, 5.41) is 14.6. The van der Waals surface area contributed by atoms with E-state index in [0.29, 0.717) is 5.75 Å². The molecule has 4 heteroatoms. The highest BCUT2D eigenvalue weighted by molar-refractivity contribution is 7.99. The highest BCUT2D eigenvalue weighted by Crippen LogP contribution is 2.49. The van der Waals surface area contributed by atoms with Gasteiger partial charge in [0.15, 0.2) is 6.20 Å². The average molecular weight is 281 g/mol. The molecule has 2 heterocycles. The smallest absolute Gasteiger partial charge is 0.214 e. The van der Waals surface area contributed by atoms with Crippen LogP contribution in [-0.2, 0) is 7.05 Å². The molecule has 1 aliphatic heterocycles. The van der Waals surface area contributed by atoms with Crippen molar-refractivity contribution >= 4 is 34.0 Å². The first-order chi connectivity index (χ1) is 9.74. The first-order valence-electron chi connectivity index (χ1n) is 6.42. The zero-order valence-corrected chi connectivity index (χ0v) is 11.7. The first-order valence-corrected chi connectivity index (χ1v) is 7.24. The second-order valence-electron chi connectivity index (χ2n) is 4.88. The minimum Gasteiger partial charge on any atom is -0.507 e. The van der Waals surface area contributed by atoms with Gasteiger partial charge in [0.25, 0.3) is 0 Å². The molecule has 1 aromatic heterocycles. The number of nitrogens with one attached hydrogen (secondary N) is 1. The molecule has 0 radical (unpaired) electrons. The van der Waals surface area contributed by atoms with E-state index in [4.69, 9.17) is 0 Å². The number of para-hydroxylation sites is 1. The minimum absolute atomic E-state index is 0.321. The number of fused-ring (bicyclic) bond motifs is 4. The highest BCUT2D eigenvalue weighted by atomic mass is 32.2. The van der Waals surface area contributed by atoms with Gasteiger partial charge in [0.2, 0.25) is 5.52 Å². The van der Waals surface area contributed by atoms with Crippen molar-refractivity contribution in [2.24, 2.45) is 7.05 Å². The van der Waals surface area contributed by atoms with Crippen LogP contribution in [0, 0.1) is 0 Å². The van der Waals surface area contributed by atoms with Gasteiger partial charge in [-0.1, -0.05) is 30.0 Å². The fraction of sp³-hybridized carbons (Fsp3) is 0.0625. The van der Waals surface area contributed by atoms with Crippen LogP contribution in [0.3, 0.4) is 0 Å². The lowest BCUT2D eigenvalue weighted by Crippen LogP contribution is -2.29. The number of anilines is 2. The van der Waals surface area contributed by atoms with Crippen molar-refractivity contribution in [1.82, 2.24) is 0 Å². The lowest BCUT2D eigenvalue weighted by Gasteiger charge is -2.21.